The zero-order valence-corrected chi connectivity index (χ0v) is 13.6. The maximum Gasteiger partial charge on any atom is 0.269 e. The van der Waals surface area contributed by atoms with Gasteiger partial charge in [-0.25, -0.2) is 9.58 Å². The summed E-state index contributed by atoms with van der Waals surface area (Å²) in [6.07, 6.45) is 0. The lowest BCUT2D eigenvalue weighted by Crippen LogP contribution is -2.31. The molecule has 2 heterocycles. The molecule has 0 spiro atoms. The lowest BCUT2D eigenvalue weighted by atomic mass is 10.0. The monoisotopic (exact) mass is 334 g/mol. The molecule has 4 rings (SSSR count). The number of benzene rings is 2. The highest BCUT2D eigenvalue weighted by atomic mass is 16.3. The fraction of sp³-hybridized carbons (Fsp3) is 0.111. The Morgan fingerprint density at radius 1 is 1.16 bits per heavy atom. The van der Waals surface area contributed by atoms with E-state index in [4.69, 9.17) is 0 Å². The van der Waals surface area contributed by atoms with Crippen molar-refractivity contribution < 1.29 is 14.7 Å². The van der Waals surface area contributed by atoms with E-state index in [1.54, 1.807) is 54.2 Å². The topological polar surface area (TPSA) is 88.3 Å². The molecule has 2 aromatic carbocycles. The minimum Gasteiger partial charge on any atom is -0.506 e. The zero-order valence-electron chi connectivity index (χ0n) is 13.6. The Labute approximate surface area is 142 Å². The molecule has 25 heavy (non-hydrogen) atoms. The predicted molar refractivity (Wildman–Crippen MR) is 92.6 cm³/mol. The summed E-state index contributed by atoms with van der Waals surface area (Å²) in [5.41, 5.74) is 2.96. The highest BCUT2D eigenvalue weighted by Gasteiger charge is 2.37. The largest absolute Gasteiger partial charge is 0.506 e. The summed E-state index contributed by atoms with van der Waals surface area (Å²) in [5, 5.41) is 18.7. The van der Waals surface area contributed by atoms with Crippen molar-refractivity contribution in [3.05, 3.63) is 53.6 Å². The van der Waals surface area contributed by atoms with Gasteiger partial charge in [-0.05, 0) is 24.3 Å². The van der Waals surface area contributed by atoms with Gasteiger partial charge >= 0.3 is 0 Å². The van der Waals surface area contributed by atoms with E-state index in [0.29, 0.717) is 22.3 Å². The van der Waals surface area contributed by atoms with Crippen LogP contribution in [0.5, 0.6) is 0 Å². The Morgan fingerprint density at radius 2 is 1.92 bits per heavy atom. The van der Waals surface area contributed by atoms with Crippen LogP contribution in [0.2, 0.25) is 0 Å². The second-order valence-corrected chi connectivity index (χ2v) is 5.82. The number of rotatable bonds is 1. The molecule has 3 aromatic rings. The van der Waals surface area contributed by atoms with Gasteiger partial charge in [0.05, 0.1) is 16.8 Å². The number of aliphatic hydroxyl groups excluding tert-OH is 1. The second-order valence-electron chi connectivity index (χ2n) is 5.82. The fourth-order valence-electron chi connectivity index (χ4n) is 3.09. The van der Waals surface area contributed by atoms with Gasteiger partial charge in [-0.1, -0.05) is 23.4 Å². The van der Waals surface area contributed by atoms with Gasteiger partial charge in [0.15, 0.2) is 0 Å². The molecule has 0 saturated carbocycles. The molecule has 1 aliphatic rings. The van der Waals surface area contributed by atoms with E-state index in [1.807, 2.05) is 0 Å². The molecule has 1 aliphatic heterocycles. The number of aryl methyl sites for hydroxylation is 1. The van der Waals surface area contributed by atoms with Gasteiger partial charge in [-0.2, -0.15) is 0 Å². The van der Waals surface area contributed by atoms with Crippen molar-refractivity contribution in [1.29, 1.82) is 0 Å². The number of nitrogens with zero attached hydrogens (tertiary/aromatic N) is 4. The van der Waals surface area contributed by atoms with Crippen molar-refractivity contribution in [3.8, 4) is 0 Å². The Morgan fingerprint density at radius 3 is 2.68 bits per heavy atom. The summed E-state index contributed by atoms with van der Waals surface area (Å²) in [6.45, 7) is 1.32. The SMILES string of the molecule is CC(=O)N1C(=O)C(=C(O)c2ccc3c(c2)nnn3C)c2ccccc21. The molecule has 7 nitrogen and oxygen atoms in total. The number of amides is 2. The van der Waals surface area contributed by atoms with Gasteiger partial charge in [0.1, 0.15) is 11.3 Å². The van der Waals surface area contributed by atoms with Gasteiger partial charge in [0.25, 0.3) is 5.91 Å². The number of aliphatic hydroxyl groups is 1. The number of anilines is 1. The minimum absolute atomic E-state index is 0.106. The van der Waals surface area contributed by atoms with Crippen molar-refractivity contribution in [1.82, 2.24) is 15.0 Å². The number of carbonyl (C=O) groups is 2. The summed E-state index contributed by atoms with van der Waals surface area (Å²) >= 11 is 0. The van der Waals surface area contributed by atoms with Crippen LogP contribution in [-0.2, 0) is 16.6 Å². The van der Waals surface area contributed by atoms with Crippen LogP contribution in [0.15, 0.2) is 42.5 Å². The molecule has 0 fully saturated rings. The Hall–Kier alpha value is -3.48. The van der Waals surface area contributed by atoms with Crippen LogP contribution >= 0.6 is 0 Å². The summed E-state index contributed by atoms with van der Waals surface area (Å²) in [6, 6.07) is 12.0. The smallest absolute Gasteiger partial charge is 0.269 e. The van der Waals surface area contributed by atoms with Crippen LogP contribution in [0.3, 0.4) is 0 Å². The van der Waals surface area contributed by atoms with E-state index in [2.05, 4.69) is 10.3 Å². The molecule has 0 atom stereocenters. The number of fused-ring (bicyclic) bond motifs is 2. The van der Waals surface area contributed by atoms with Crippen molar-refractivity contribution in [2.24, 2.45) is 7.05 Å². The van der Waals surface area contributed by atoms with Crippen LogP contribution in [0, 0.1) is 0 Å². The third-order valence-electron chi connectivity index (χ3n) is 4.27. The maximum absolute atomic E-state index is 12.7. The third kappa shape index (κ3) is 2.13. The van der Waals surface area contributed by atoms with Crippen molar-refractivity contribution in [2.45, 2.75) is 6.92 Å². The highest BCUT2D eigenvalue weighted by Crippen LogP contribution is 2.40. The summed E-state index contributed by atoms with van der Waals surface area (Å²) in [7, 11) is 1.77. The Kier molecular flexibility index (Phi) is 3.18. The number of carbonyl (C=O) groups excluding carboxylic acids is 2. The van der Waals surface area contributed by atoms with Crippen molar-refractivity contribution in [2.75, 3.05) is 4.90 Å². The molecule has 1 aromatic heterocycles. The van der Waals surface area contributed by atoms with E-state index in [1.165, 1.54) is 6.92 Å². The molecule has 2 amide bonds. The molecular weight excluding hydrogens is 320 g/mol. The molecule has 7 heteroatoms. The number of imide groups is 1. The quantitative estimate of drug-likeness (QED) is 0.545. The fourth-order valence-corrected chi connectivity index (χ4v) is 3.09. The maximum atomic E-state index is 12.7. The van der Waals surface area contributed by atoms with Crippen LogP contribution < -0.4 is 4.90 Å². The van der Waals surface area contributed by atoms with Gasteiger partial charge < -0.3 is 5.11 Å². The van der Waals surface area contributed by atoms with Gasteiger partial charge in [0, 0.05) is 25.1 Å². The first-order valence-electron chi connectivity index (χ1n) is 7.66. The number of hydrogen-bond acceptors (Lipinski definition) is 5. The van der Waals surface area contributed by atoms with Crippen LogP contribution in [-0.4, -0.2) is 31.9 Å². The molecular formula is C18H14N4O3. The first kappa shape index (κ1) is 15.1. The molecule has 1 N–H and O–H groups in total. The zero-order chi connectivity index (χ0) is 17.7. The number of para-hydroxylation sites is 1. The average molecular weight is 334 g/mol. The predicted octanol–water partition coefficient (Wildman–Crippen LogP) is 2.29. The summed E-state index contributed by atoms with van der Waals surface area (Å²) < 4.78 is 1.62. The van der Waals surface area contributed by atoms with E-state index in [0.717, 1.165) is 10.4 Å². The molecule has 0 aliphatic carbocycles. The number of aromatic nitrogens is 3. The molecule has 0 bridgehead atoms. The number of hydrogen-bond donors (Lipinski definition) is 1. The standard InChI is InChI=1S/C18H14N4O3/c1-10(23)22-14-6-4-3-5-12(14)16(18(22)25)17(24)11-7-8-15-13(9-11)19-20-21(15)2/h3-9,24H,1-2H3. The van der Waals surface area contributed by atoms with E-state index in [9.17, 15) is 14.7 Å². The summed E-state index contributed by atoms with van der Waals surface area (Å²) in [4.78, 5) is 25.7. The van der Waals surface area contributed by atoms with E-state index in [-0.39, 0.29) is 11.3 Å². The normalized spacial score (nSPS) is 15.6. The van der Waals surface area contributed by atoms with Gasteiger partial charge in [-0.3, -0.25) is 9.59 Å². The van der Waals surface area contributed by atoms with Crippen LogP contribution in [0.1, 0.15) is 18.1 Å². The lowest BCUT2D eigenvalue weighted by molar-refractivity contribution is -0.122. The second kappa shape index (κ2) is 5.27. The Balaban J connectivity index is 1.93. The van der Waals surface area contributed by atoms with E-state index >= 15 is 0 Å². The molecule has 0 radical (unpaired) electrons. The van der Waals surface area contributed by atoms with Gasteiger partial charge in [-0.15, -0.1) is 5.10 Å². The first-order valence-corrected chi connectivity index (χ1v) is 7.66. The van der Waals surface area contributed by atoms with Crippen LogP contribution in [0.25, 0.3) is 22.4 Å². The average Bonchev–Trinajstić information content (AvgIpc) is 3.11. The Bertz CT molecular complexity index is 1080. The first-order chi connectivity index (χ1) is 12.0. The minimum atomic E-state index is -0.537. The van der Waals surface area contributed by atoms with Crippen LogP contribution in [0.4, 0.5) is 5.69 Å². The van der Waals surface area contributed by atoms with Crippen molar-refractivity contribution >= 4 is 39.9 Å². The van der Waals surface area contributed by atoms with Gasteiger partial charge in [0.2, 0.25) is 5.91 Å². The van der Waals surface area contributed by atoms with Crippen molar-refractivity contribution in [3.63, 3.8) is 0 Å². The molecule has 0 unspecified atom stereocenters. The van der Waals surface area contributed by atoms with E-state index < -0.39 is 11.8 Å². The summed E-state index contributed by atoms with van der Waals surface area (Å²) in [5.74, 6) is -1.12. The third-order valence-corrected chi connectivity index (χ3v) is 4.27. The lowest BCUT2D eigenvalue weighted by Gasteiger charge is -2.11. The highest BCUT2D eigenvalue weighted by molar-refractivity contribution is 6.42. The molecule has 0 saturated heterocycles. The molecule has 124 valence electrons.